The predicted molar refractivity (Wildman–Crippen MR) is 124 cm³/mol. The minimum atomic E-state index is 0. The van der Waals surface area contributed by atoms with E-state index >= 15 is 0 Å². The number of halogens is 1. The van der Waals surface area contributed by atoms with Gasteiger partial charge in [0.2, 0.25) is 0 Å². The topological polar surface area (TPSA) is 42.9 Å². The molecule has 0 radical (unpaired) electrons. The lowest BCUT2D eigenvalue weighted by atomic mass is 10.1. The molecule has 0 spiro atoms. The number of benzene rings is 1. The van der Waals surface area contributed by atoms with E-state index in [0.29, 0.717) is 6.04 Å². The Hall–Kier alpha value is -1.02. The van der Waals surface area contributed by atoms with Crippen molar-refractivity contribution < 1.29 is 0 Å². The summed E-state index contributed by atoms with van der Waals surface area (Å²) in [6.45, 7) is 6.77. The summed E-state index contributed by atoms with van der Waals surface area (Å²) >= 11 is 0. The molecule has 1 heterocycles. The fourth-order valence-corrected chi connectivity index (χ4v) is 3.29. The van der Waals surface area contributed by atoms with Gasteiger partial charge in [0.25, 0.3) is 0 Å². The molecule has 1 saturated heterocycles. The maximum absolute atomic E-state index is 4.38. The molecule has 1 aromatic carbocycles. The molecule has 148 valence electrons. The fraction of sp³-hybridized carbons (Fsp3) is 0.650. The highest BCUT2D eigenvalue weighted by Gasteiger charge is 2.19. The summed E-state index contributed by atoms with van der Waals surface area (Å²) in [6.07, 6.45) is 4.65. The third kappa shape index (κ3) is 7.70. The van der Waals surface area contributed by atoms with Gasteiger partial charge < -0.3 is 20.4 Å². The van der Waals surface area contributed by atoms with Crippen LogP contribution < -0.4 is 15.5 Å². The Morgan fingerprint density at radius 1 is 1.19 bits per heavy atom. The molecular formula is C20H36IN5. The second-order valence-corrected chi connectivity index (χ2v) is 7.07. The van der Waals surface area contributed by atoms with Crippen molar-refractivity contribution in [1.29, 1.82) is 0 Å². The van der Waals surface area contributed by atoms with E-state index in [9.17, 15) is 0 Å². The molecule has 0 amide bonds. The third-order valence-corrected chi connectivity index (χ3v) is 4.85. The van der Waals surface area contributed by atoms with Crippen LogP contribution in [-0.2, 0) is 6.42 Å². The maximum atomic E-state index is 4.38. The van der Waals surface area contributed by atoms with Gasteiger partial charge in [-0.2, -0.15) is 0 Å². The summed E-state index contributed by atoms with van der Waals surface area (Å²) in [5, 5.41) is 7.04. The summed E-state index contributed by atoms with van der Waals surface area (Å²) < 4.78 is 0. The summed E-state index contributed by atoms with van der Waals surface area (Å²) in [4.78, 5) is 9.07. The summed E-state index contributed by atoms with van der Waals surface area (Å²) in [7, 11) is 5.99. The summed E-state index contributed by atoms with van der Waals surface area (Å²) in [5.41, 5.74) is 2.59. The van der Waals surface area contributed by atoms with Crippen molar-refractivity contribution in [2.24, 2.45) is 4.99 Å². The molecule has 0 bridgehead atoms. The van der Waals surface area contributed by atoms with Crippen LogP contribution in [0.5, 0.6) is 0 Å². The zero-order chi connectivity index (χ0) is 18.1. The lowest BCUT2D eigenvalue weighted by Gasteiger charge is -2.32. The molecule has 1 aliphatic heterocycles. The molecule has 0 aliphatic carbocycles. The van der Waals surface area contributed by atoms with Crippen LogP contribution >= 0.6 is 24.0 Å². The normalized spacial score (nSPS) is 16.1. The number of rotatable bonds is 7. The second-order valence-electron chi connectivity index (χ2n) is 7.07. The van der Waals surface area contributed by atoms with Crippen molar-refractivity contribution in [1.82, 2.24) is 15.5 Å². The molecule has 1 fully saturated rings. The van der Waals surface area contributed by atoms with Gasteiger partial charge in [0.05, 0.1) is 0 Å². The van der Waals surface area contributed by atoms with Crippen LogP contribution in [0.4, 0.5) is 5.69 Å². The number of nitrogens with one attached hydrogen (secondary N) is 2. The lowest BCUT2D eigenvalue weighted by Crippen LogP contribution is -2.49. The van der Waals surface area contributed by atoms with Crippen molar-refractivity contribution in [2.75, 3.05) is 52.2 Å². The molecule has 6 heteroatoms. The number of hydrogen-bond acceptors (Lipinski definition) is 3. The van der Waals surface area contributed by atoms with Gasteiger partial charge in [0.15, 0.2) is 5.96 Å². The van der Waals surface area contributed by atoms with E-state index in [0.717, 1.165) is 18.9 Å². The van der Waals surface area contributed by atoms with E-state index in [-0.39, 0.29) is 24.0 Å². The van der Waals surface area contributed by atoms with Crippen molar-refractivity contribution >= 4 is 35.6 Å². The summed E-state index contributed by atoms with van der Waals surface area (Å²) in [5.74, 6) is 0.929. The van der Waals surface area contributed by atoms with Crippen LogP contribution in [0.3, 0.4) is 0 Å². The SMILES string of the molecule is CCCN1CCC(NC(=NC)NCCc2ccc(N(C)C)cc2)CC1.I. The maximum Gasteiger partial charge on any atom is 0.191 e. The van der Waals surface area contributed by atoms with Crippen LogP contribution in [0.2, 0.25) is 0 Å². The molecule has 0 atom stereocenters. The van der Waals surface area contributed by atoms with Crippen molar-refractivity contribution in [3.05, 3.63) is 29.8 Å². The van der Waals surface area contributed by atoms with Gasteiger partial charge >= 0.3 is 0 Å². The van der Waals surface area contributed by atoms with Gasteiger partial charge in [-0.25, -0.2) is 0 Å². The Balaban J connectivity index is 0.00000338. The number of aliphatic imine (C=N–C) groups is 1. The highest BCUT2D eigenvalue weighted by atomic mass is 127. The molecule has 26 heavy (non-hydrogen) atoms. The van der Waals surface area contributed by atoms with Crippen LogP contribution in [0.1, 0.15) is 31.7 Å². The van der Waals surface area contributed by atoms with E-state index in [1.165, 1.54) is 50.1 Å². The molecule has 2 N–H and O–H groups in total. The van der Waals surface area contributed by atoms with Gasteiger partial charge in [-0.1, -0.05) is 19.1 Å². The highest BCUT2D eigenvalue weighted by molar-refractivity contribution is 14.0. The average molecular weight is 473 g/mol. The minimum absolute atomic E-state index is 0. The first-order valence-electron chi connectivity index (χ1n) is 9.58. The molecule has 0 unspecified atom stereocenters. The van der Waals surface area contributed by atoms with E-state index in [2.05, 4.69) is 70.7 Å². The average Bonchev–Trinajstić information content (AvgIpc) is 2.63. The largest absolute Gasteiger partial charge is 0.378 e. The van der Waals surface area contributed by atoms with Crippen LogP contribution in [0, 0.1) is 0 Å². The number of piperidine rings is 1. The third-order valence-electron chi connectivity index (χ3n) is 4.85. The second kappa shape index (κ2) is 12.4. The van der Waals surface area contributed by atoms with Crippen LogP contribution in [-0.4, -0.2) is 64.2 Å². The van der Waals surface area contributed by atoms with Crippen molar-refractivity contribution in [2.45, 2.75) is 38.6 Å². The highest BCUT2D eigenvalue weighted by Crippen LogP contribution is 2.12. The predicted octanol–water partition coefficient (Wildman–Crippen LogP) is 2.95. The molecule has 0 saturated carbocycles. The minimum Gasteiger partial charge on any atom is -0.378 e. The zero-order valence-corrected chi connectivity index (χ0v) is 19.1. The van der Waals surface area contributed by atoms with Gasteiger partial charge in [0, 0.05) is 52.5 Å². The van der Waals surface area contributed by atoms with Crippen molar-refractivity contribution in [3.63, 3.8) is 0 Å². The Bertz CT molecular complexity index is 522. The van der Waals surface area contributed by atoms with Gasteiger partial charge in [-0.3, -0.25) is 4.99 Å². The quantitative estimate of drug-likeness (QED) is 0.363. The number of anilines is 1. The molecular weight excluding hydrogens is 437 g/mol. The van der Waals surface area contributed by atoms with Crippen molar-refractivity contribution in [3.8, 4) is 0 Å². The lowest BCUT2D eigenvalue weighted by molar-refractivity contribution is 0.206. The number of hydrogen-bond donors (Lipinski definition) is 2. The van der Waals surface area contributed by atoms with Crippen LogP contribution in [0.25, 0.3) is 0 Å². The zero-order valence-electron chi connectivity index (χ0n) is 16.8. The van der Waals surface area contributed by atoms with E-state index < -0.39 is 0 Å². The first kappa shape index (κ1) is 23.0. The molecule has 1 aromatic rings. The van der Waals surface area contributed by atoms with Gasteiger partial charge in [0.1, 0.15) is 0 Å². The first-order valence-corrected chi connectivity index (χ1v) is 9.58. The van der Waals surface area contributed by atoms with Gasteiger partial charge in [-0.05, 0) is 49.9 Å². The monoisotopic (exact) mass is 473 g/mol. The Morgan fingerprint density at radius 2 is 1.85 bits per heavy atom. The Morgan fingerprint density at radius 3 is 2.38 bits per heavy atom. The molecule has 2 rings (SSSR count). The first-order chi connectivity index (χ1) is 12.1. The number of nitrogens with zero attached hydrogens (tertiary/aromatic N) is 3. The van der Waals surface area contributed by atoms with Gasteiger partial charge in [-0.15, -0.1) is 24.0 Å². The Kier molecular flexibility index (Phi) is 11.0. The standard InChI is InChI=1S/C20H35N5.HI/c1-5-14-25-15-11-18(12-16-25)23-20(21-2)22-13-10-17-6-8-19(9-7-17)24(3)4;/h6-9,18H,5,10-16H2,1-4H3,(H2,21,22,23);1H. The smallest absolute Gasteiger partial charge is 0.191 e. The fourth-order valence-electron chi connectivity index (χ4n) is 3.29. The summed E-state index contributed by atoms with van der Waals surface area (Å²) in [6, 6.07) is 9.30. The van der Waals surface area contributed by atoms with E-state index in [1.54, 1.807) is 0 Å². The van der Waals surface area contributed by atoms with E-state index in [4.69, 9.17) is 0 Å². The van der Waals surface area contributed by atoms with Crippen LogP contribution in [0.15, 0.2) is 29.3 Å². The number of guanidine groups is 1. The molecule has 1 aliphatic rings. The number of likely N-dealkylation sites (tertiary alicyclic amines) is 1. The molecule has 0 aromatic heterocycles. The van der Waals surface area contributed by atoms with E-state index in [1.807, 2.05) is 7.05 Å². The molecule has 5 nitrogen and oxygen atoms in total. The Labute approximate surface area is 176 Å².